The SMILES string of the molecule is C#C.CCN(CC)C(=O)CN/C=C\N(N)c1cc(Cl)cc(C2=C(C(=O)O)N3C(=O)C([C@@H](C)O)C3C2)c1. The van der Waals surface area contributed by atoms with Crippen LogP contribution in [-0.4, -0.2) is 69.6 Å². The molecule has 2 heterocycles. The van der Waals surface area contributed by atoms with E-state index in [0.29, 0.717) is 34.9 Å². The Labute approximate surface area is 215 Å². The van der Waals surface area contributed by atoms with Crippen LogP contribution in [0.1, 0.15) is 32.8 Å². The molecule has 194 valence electrons. The molecule has 11 heteroatoms. The monoisotopic (exact) mass is 517 g/mol. The van der Waals surface area contributed by atoms with Crippen molar-refractivity contribution >= 4 is 40.6 Å². The second-order valence-electron chi connectivity index (χ2n) is 8.25. The van der Waals surface area contributed by atoms with Crippen LogP contribution in [0.25, 0.3) is 5.57 Å². The first-order chi connectivity index (χ1) is 17.1. The molecule has 1 aromatic rings. The number of carboxylic acids is 1. The van der Waals surface area contributed by atoms with E-state index in [1.165, 1.54) is 29.2 Å². The van der Waals surface area contributed by atoms with Crippen LogP contribution in [0.2, 0.25) is 5.02 Å². The second kappa shape index (κ2) is 12.4. The van der Waals surface area contributed by atoms with E-state index >= 15 is 0 Å². The third-order valence-electron chi connectivity index (χ3n) is 6.18. The number of aliphatic carboxylic acids is 1. The van der Waals surface area contributed by atoms with E-state index < -0.39 is 29.9 Å². The molecule has 0 saturated carbocycles. The van der Waals surface area contributed by atoms with Gasteiger partial charge in [0.15, 0.2) is 0 Å². The molecular formula is C25H32ClN5O5. The van der Waals surface area contributed by atoms with Gasteiger partial charge in [0.25, 0.3) is 0 Å². The molecular weight excluding hydrogens is 486 g/mol. The summed E-state index contributed by atoms with van der Waals surface area (Å²) in [5, 5.41) is 24.2. The molecule has 0 aliphatic carbocycles. The van der Waals surface area contributed by atoms with Crippen molar-refractivity contribution in [2.45, 2.75) is 39.3 Å². The Balaban J connectivity index is 0.00000222. The van der Waals surface area contributed by atoms with E-state index in [-0.39, 0.29) is 24.6 Å². The number of carbonyl (C=O) groups is 3. The first-order valence-corrected chi connectivity index (χ1v) is 11.8. The summed E-state index contributed by atoms with van der Waals surface area (Å²) in [5.41, 5.74) is 1.37. The highest BCUT2D eigenvalue weighted by Crippen LogP contribution is 2.47. The quantitative estimate of drug-likeness (QED) is 0.159. The summed E-state index contributed by atoms with van der Waals surface area (Å²) < 4.78 is 0. The van der Waals surface area contributed by atoms with Crippen molar-refractivity contribution in [1.29, 1.82) is 0 Å². The molecule has 0 bridgehead atoms. The lowest BCUT2D eigenvalue weighted by Crippen LogP contribution is -2.61. The Bertz CT molecular complexity index is 1080. The number of hydrogen-bond donors (Lipinski definition) is 4. The Kier molecular flexibility index (Phi) is 9.93. The number of halogens is 1. The van der Waals surface area contributed by atoms with Crippen LogP contribution in [0.3, 0.4) is 0 Å². The van der Waals surface area contributed by atoms with Crippen LogP contribution in [0.15, 0.2) is 36.3 Å². The highest BCUT2D eigenvalue weighted by molar-refractivity contribution is 6.31. The maximum Gasteiger partial charge on any atom is 0.352 e. The Morgan fingerprint density at radius 2 is 1.94 bits per heavy atom. The van der Waals surface area contributed by atoms with Gasteiger partial charge in [-0.05, 0) is 56.5 Å². The highest BCUT2D eigenvalue weighted by Gasteiger charge is 2.56. The number of β-lactam (4-membered cyclic amide) rings is 1. The summed E-state index contributed by atoms with van der Waals surface area (Å²) >= 11 is 6.30. The molecule has 1 fully saturated rings. The van der Waals surface area contributed by atoms with Gasteiger partial charge in [0, 0.05) is 30.5 Å². The van der Waals surface area contributed by atoms with Gasteiger partial charge in [-0.3, -0.25) is 14.6 Å². The molecule has 3 rings (SSSR count). The second-order valence-corrected chi connectivity index (χ2v) is 8.68. The van der Waals surface area contributed by atoms with E-state index in [0.717, 1.165) is 0 Å². The zero-order valence-corrected chi connectivity index (χ0v) is 21.3. The molecule has 10 nitrogen and oxygen atoms in total. The number of nitrogens with one attached hydrogen (secondary N) is 1. The molecule has 0 radical (unpaired) electrons. The molecule has 2 aliphatic heterocycles. The average Bonchev–Trinajstić information content (AvgIpc) is 3.18. The molecule has 5 N–H and O–H groups in total. The first kappa shape index (κ1) is 28.7. The standard InChI is InChI=1S/C23H30ClN5O5.C2H2/c1-4-27(5-2)19(31)12-26-6-7-28(25)16-9-14(8-15(24)10-16)17-11-18-20(13(3)30)22(32)29(18)21(17)23(33)34;1-2/h6-10,13,18,20,26,30H,4-5,11-12,25H2,1-3H3,(H,33,34);1-2H/b7-6-;/t13-,18?,20?;/m1./s1. The largest absolute Gasteiger partial charge is 0.477 e. The maximum absolute atomic E-state index is 12.5. The number of nitrogens with zero attached hydrogens (tertiary/aromatic N) is 3. The number of rotatable bonds is 10. The summed E-state index contributed by atoms with van der Waals surface area (Å²) in [5.74, 6) is 3.84. The topological polar surface area (TPSA) is 139 Å². The lowest BCUT2D eigenvalue weighted by atomic mass is 9.82. The summed E-state index contributed by atoms with van der Waals surface area (Å²) in [6.07, 6.45) is 10.5. The Hall–Kier alpha value is -3.52. The predicted octanol–water partition coefficient (Wildman–Crippen LogP) is 1.61. The molecule has 2 unspecified atom stereocenters. The zero-order chi connectivity index (χ0) is 27.2. The lowest BCUT2D eigenvalue weighted by molar-refractivity contribution is -0.161. The average molecular weight is 518 g/mol. The minimum Gasteiger partial charge on any atom is -0.477 e. The van der Waals surface area contributed by atoms with Crippen molar-refractivity contribution in [2.24, 2.45) is 11.8 Å². The number of carbonyl (C=O) groups excluding carboxylic acids is 2. The number of hydrogen-bond acceptors (Lipinski definition) is 7. The van der Waals surface area contributed by atoms with Gasteiger partial charge in [-0.25, -0.2) is 10.6 Å². The Morgan fingerprint density at radius 3 is 2.50 bits per heavy atom. The minimum atomic E-state index is -1.22. The van der Waals surface area contributed by atoms with Crippen molar-refractivity contribution in [3.63, 3.8) is 0 Å². The van der Waals surface area contributed by atoms with Gasteiger partial charge in [0.2, 0.25) is 11.8 Å². The van der Waals surface area contributed by atoms with E-state index in [4.69, 9.17) is 17.4 Å². The fourth-order valence-corrected chi connectivity index (χ4v) is 4.71. The number of terminal acetylenes is 1. The van der Waals surface area contributed by atoms with E-state index in [1.807, 2.05) is 13.8 Å². The normalized spacial score (nSPS) is 19.2. The molecule has 0 spiro atoms. The van der Waals surface area contributed by atoms with Gasteiger partial charge in [0.05, 0.1) is 30.3 Å². The number of carboxylic acid groups (broad SMARTS) is 1. The number of likely N-dealkylation sites (N-methyl/N-ethyl adjacent to an activating group) is 1. The molecule has 3 atom stereocenters. The van der Waals surface area contributed by atoms with Crippen molar-refractivity contribution in [3.8, 4) is 12.8 Å². The maximum atomic E-state index is 12.5. The van der Waals surface area contributed by atoms with Crippen LogP contribution in [-0.2, 0) is 14.4 Å². The number of hydrazine groups is 1. The van der Waals surface area contributed by atoms with Gasteiger partial charge < -0.3 is 25.3 Å². The van der Waals surface area contributed by atoms with Crippen LogP contribution >= 0.6 is 11.6 Å². The summed E-state index contributed by atoms with van der Waals surface area (Å²) in [6, 6.07) is 4.52. The highest BCUT2D eigenvalue weighted by atomic mass is 35.5. The number of nitrogens with two attached hydrogens (primary N) is 1. The number of fused-ring (bicyclic) bond motifs is 1. The number of aliphatic hydroxyl groups excluding tert-OH is 1. The van der Waals surface area contributed by atoms with E-state index in [2.05, 4.69) is 18.2 Å². The number of benzene rings is 1. The number of anilines is 1. The third-order valence-corrected chi connectivity index (χ3v) is 6.40. The molecule has 1 aromatic carbocycles. The lowest BCUT2D eigenvalue weighted by Gasteiger charge is -2.44. The number of amides is 2. The summed E-state index contributed by atoms with van der Waals surface area (Å²) in [4.78, 5) is 39.5. The fourth-order valence-electron chi connectivity index (χ4n) is 4.48. The van der Waals surface area contributed by atoms with Gasteiger partial charge in [0.1, 0.15) is 5.70 Å². The minimum absolute atomic E-state index is 0.0349. The third kappa shape index (κ3) is 5.82. The Morgan fingerprint density at radius 1 is 1.31 bits per heavy atom. The fraction of sp³-hybridized carbons (Fsp3) is 0.400. The first-order valence-electron chi connectivity index (χ1n) is 11.4. The molecule has 1 saturated heterocycles. The summed E-state index contributed by atoms with van der Waals surface area (Å²) in [6.45, 7) is 6.73. The molecule has 2 amide bonds. The van der Waals surface area contributed by atoms with Crippen molar-refractivity contribution in [1.82, 2.24) is 15.1 Å². The van der Waals surface area contributed by atoms with Gasteiger partial charge in [-0.15, -0.1) is 12.8 Å². The van der Waals surface area contributed by atoms with Gasteiger partial charge in [-0.2, -0.15) is 0 Å². The van der Waals surface area contributed by atoms with Crippen LogP contribution in [0.4, 0.5) is 5.69 Å². The molecule has 36 heavy (non-hydrogen) atoms. The number of aliphatic hydroxyl groups is 1. The summed E-state index contributed by atoms with van der Waals surface area (Å²) in [7, 11) is 0. The van der Waals surface area contributed by atoms with Crippen LogP contribution < -0.4 is 16.2 Å². The predicted molar refractivity (Wildman–Crippen MR) is 138 cm³/mol. The van der Waals surface area contributed by atoms with E-state index in [9.17, 15) is 24.6 Å². The van der Waals surface area contributed by atoms with Crippen molar-refractivity contribution in [2.75, 3.05) is 24.6 Å². The van der Waals surface area contributed by atoms with Crippen molar-refractivity contribution < 1.29 is 24.6 Å². The zero-order valence-electron chi connectivity index (χ0n) is 20.5. The molecule has 2 aliphatic rings. The molecule has 0 aromatic heterocycles. The van der Waals surface area contributed by atoms with Gasteiger partial charge >= 0.3 is 5.97 Å². The van der Waals surface area contributed by atoms with Crippen LogP contribution in [0, 0.1) is 18.8 Å². The van der Waals surface area contributed by atoms with E-state index in [1.54, 1.807) is 23.1 Å². The van der Waals surface area contributed by atoms with Crippen molar-refractivity contribution in [3.05, 3.63) is 46.9 Å². The smallest absolute Gasteiger partial charge is 0.352 e. The van der Waals surface area contributed by atoms with Gasteiger partial charge in [-0.1, -0.05) is 11.6 Å². The van der Waals surface area contributed by atoms with Crippen LogP contribution in [0.5, 0.6) is 0 Å².